The maximum absolute atomic E-state index is 8.24. The third-order valence-corrected chi connectivity index (χ3v) is 0. The monoisotopic (exact) mass is 178 g/mol. The Hall–Kier alpha value is 2.27. The molecule has 32 valence electrons. The van der Waals surface area contributed by atoms with E-state index in [1.807, 2.05) is 0 Å². The van der Waals surface area contributed by atoms with Crippen LogP contribution < -0.4 is 108 Å². The molecule has 0 saturated heterocycles. The summed E-state index contributed by atoms with van der Waals surface area (Å²) in [6.07, 6.45) is 0.500. The zero-order valence-electron chi connectivity index (χ0n) is 4.71. The molecule has 0 spiro atoms. The molecule has 0 aliphatic carbocycles. The van der Waals surface area contributed by atoms with E-state index in [1.165, 1.54) is 5.40 Å². The SMILES string of the molecule is N#C[O-].N#C[S-].[K+].[K+]. The summed E-state index contributed by atoms with van der Waals surface area (Å²) in [5, 5.41) is 23.5. The van der Waals surface area contributed by atoms with Gasteiger partial charge in [0.05, 0.1) is 0 Å². The molecule has 0 unspecified atom stereocenters. The summed E-state index contributed by atoms with van der Waals surface area (Å²) in [6, 6.07) is 0. The van der Waals surface area contributed by atoms with Crippen LogP contribution in [0.5, 0.6) is 0 Å². The van der Waals surface area contributed by atoms with E-state index in [2.05, 4.69) is 12.6 Å². The van der Waals surface area contributed by atoms with Gasteiger partial charge in [-0.2, -0.15) is 0 Å². The zero-order valence-corrected chi connectivity index (χ0v) is 11.8. The molecular weight excluding hydrogens is 178 g/mol. The molecular formula is C2K2N2OS. The van der Waals surface area contributed by atoms with Crippen molar-refractivity contribution in [3.63, 3.8) is 0 Å². The Morgan fingerprint density at radius 1 is 1.25 bits per heavy atom. The van der Waals surface area contributed by atoms with Crippen LogP contribution in [-0.2, 0) is 12.6 Å². The topological polar surface area (TPSA) is 70.6 Å². The Labute approximate surface area is 139 Å². The summed E-state index contributed by atoms with van der Waals surface area (Å²) in [6.45, 7) is 0. The molecule has 3 nitrogen and oxygen atoms in total. The van der Waals surface area contributed by atoms with Crippen molar-refractivity contribution in [3.8, 4) is 11.7 Å². The summed E-state index contributed by atoms with van der Waals surface area (Å²) in [4.78, 5) is 0. The van der Waals surface area contributed by atoms with Crippen LogP contribution in [0.2, 0.25) is 0 Å². The second kappa shape index (κ2) is 34.8. The average molecular weight is 178 g/mol. The third kappa shape index (κ3) is 84.7. The van der Waals surface area contributed by atoms with Gasteiger partial charge in [-0.05, 0) is 0 Å². The molecule has 0 rings (SSSR count). The molecule has 0 aromatic rings. The first kappa shape index (κ1) is 22.4. The molecule has 0 atom stereocenters. The van der Waals surface area contributed by atoms with E-state index >= 15 is 0 Å². The molecule has 0 N–H and O–H groups in total. The van der Waals surface area contributed by atoms with E-state index in [1.54, 1.807) is 0 Å². The molecule has 0 aromatic carbocycles. The van der Waals surface area contributed by atoms with Crippen LogP contribution in [-0.4, -0.2) is 0 Å². The zero-order chi connectivity index (χ0) is 5.41. The summed E-state index contributed by atoms with van der Waals surface area (Å²) in [5.41, 5.74) is 0. The van der Waals surface area contributed by atoms with E-state index in [9.17, 15) is 0 Å². The first-order valence-corrected chi connectivity index (χ1v) is 1.26. The van der Waals surface area contributed by atoms with Crippen molar-refractivity contribution >= 4 is 12.6 Å². The fraction of sp³-hybridized carbons (Fsp3) is 0. The van der Waals surface area contributed by atoms with Gasteiger partial charge in [0.25, 0.3) is 0 Å². The molecule has 0 aliphatic heterocycles. The second-order valence-electron chi connectivity index (χ2n) is 0.183. The van der Waals surface area contributed by atoms with Crippen LogP contribution in [0.25, 0.3) is 0 Å². The van der Waals surface area contributed by atoms with Gasteiger partial charge < -0.3 is 17.7 Å². The van der Waals surface area contributed by atoms with Gasteiger partial charge in [-0.1, -0.05) is 5.40 Å². The van der Waals surface area contributed by atoms with Crippen LogP contribution in [0.3, 0.4) is 0 Å². The van der Waals surface area contributed by atoms with Gasteiger partial charge in [-0.25, -0.2) is 10.5 Å². The van der Waals surface area contributed by atoms with Gasteiger partial charge in [-0.15, -0.1) is 0 Å². The number of rotatable bonds is 0. The Morgan fingerprint density at radius 2 is 1.25 bits per heavy atom. The summed E-state index contributed by atoms with van der Waals surface area (Å²) >= 11 is 3.70. The van der Waals surface area contributed by atoms with Crippen molar-refractivity contribution in [2.45, 2.75) is 0 Å². The Kier molecular flexibility index (Phi) is 97.5. The van der Waals surface area contributed by atoms with Gasteiger partial charge >= 0.3 is 103 Å². The molecule has 0 saturated carbocycles. The van der Waals surface area contributed by atoms with Crippen LogP contribution in [0.4, 0.5) is 0 Å². The molecule has 0 aliphatic rings. The number of hydrogen-bond acceptors (Lipinski definition) is 4. The molecule has 6 heteroatoms. The smallest absolute Gasteiger partial charge is 0.812 e. The Morgan fingerprint density at radius 3 is 1.25 bits per heavy atom. The van der Waals surface area contributed by atoms with Gasteiger partial charge in [0.1, 0.15) is 0 Å². The van der Waals surface area contributed by atoms with E-state index < -0.39 is 0 Å². The predicted molar refractivity (Wildman–Crippen MR) is 18.6 cm³/mol. The van der Waals surface area contributed by atoms with E-state index in [0.29, 0.717) is 6.26 Å². The van der Waals surface area contributed by atoms with E-state index in [4.69, 9.17) is 15.6 Å². The van der Waals surface area contributed by atoms with Crippen molar-refractivity contribution in [1.29, 1.82) is 10.5 Å². The largest absolute Gasteiger partial charge is 1.00 e. The molecule has 0 bridgehead atoms. The minimum atomic E-state index is 0. The van der Waals surface area contributed by atoms with Crippen LogP contribution in [0, 0.1) is 22.2 Å². The van der Waals surface area contributed by atoms with E-state index in [-0.39, 0.29) is 103 Å². The maximum Gasteiger partial charge on any atom is 1.00 e. The van der Waals surface area contributed by atoms with Gasteiger partial charge in [0.2, 0.25) is 0 Å². The first-order valence-electron chi connectivity index (χ1n) is 0.855. The summed E-state index contributed by atoms with van der Waals surface area (Å²) in [7, 11) is 0. The maximum atomic E-state index is 8.24. The Bertz CT molecular complexity index is 73.0. The number of thiocyanates is 1. The molecule has 0 aromatic heterocycles. The summed E-state index contributed by atoms with van der Waals surface area (Å²) < 4.78 is 0. The molecule has 0 amide bonds. The molecule has 8 heavy (non-hydrogen) atoms. The van der Waals surface area contributed by atoms with E-state index in [0.717, 1.165) is 0 Å². The van der Waals surface area contributed by atoms with Crippen molar-refractivity contribution < 1.29 is 108 Å². The Balaban J connectivity index is -0.0000000160. The fourth-order valence-corrected chi connectivity index (χ4v) is 0. The minimum absolute atomic E-state index is 0. The summed E-state index contributed by atoms with van der Waals surface area (Å²) in [5.74, 6) is 0. The van der Waals surface area contributed by atoms with Gasteiger partial charge in [0.15, 0.2) is 0 Å². The predicted octanol–water partition coefficient (Wildman–Crippen LogP) is -7.15. The van der Waals surface area contributed by atoms with Crippen molar-refractivity contribution in [2.75, 3.05) is 0 Å². The molecule has 0 heterocycles. The van der Waals surface area contributed by atoms with Gasteiger partial charge in [-0.3, -0.25) is 0 Å². The quantitative estimate of drug-likeness (QED) is 0.210. The number of nitriles is 2. The number of hydrogen-bond donors (Lipinski definition) is 0. The molecule has 0 radical (unpaired) electrons. The van der Waals surface area contributed by atoms with Gasteiger partial charge in [0, 0.05) is 6.26 Å². The average Bonchev–Trinajstić information content (AvgIpc) is 1.39. The first-order chi connectivity index (χ1) is 2.83. The van der Waals surface area contributed by atoms with Crippen LogP contribution in [0.1, 0.15) is 0 Å². The standard InChI is InChI=1S/CHNO.CHNS.2K/c2*2-1-3;;/h2*3H;;/q;;2*+1/p-2. The molecule has 0 fully saturated rings. The van der Waals surface area contributed by atoms with Crippen LogP contribution in [0.15, 0.2) is 0 Å². The van der Waals surface area contributed by atoms with Crippen molar-refractivity contribution in [2.24, 2.45) is 0 Å². The van der Waals surface area contributed by atoms with Crippen LogP contribution >= 0.6 is 0 Å². The fourth-order valence-electron chi connectivity index (χ4n) is 0. The third-order valence-electron chi connectivity index (χ3n) is 0. The minimum Gasteiger partial charge on any atom is -0.812 e. The normalized spacial score (nSPS) is 1.75. The van der Waals surface area contributed by atoms with Crippen molar-refractivity contribution in [3.05, 3.63) is 0 Å². The second-order valence-corrected chi connectivity index (χ2v) is 0.365. The number of nitrogens with zero attached hydrogens (tertiary/aromatic N) is 2. The van der Waals surface area contributed by atoms with Crippen molar-refractivity contribution in [1.82, 2.24) is 0 Å².